The fourth-order valence-electron chi connectivity index (χ4n) is 0.661. The molecule has 1 aromatic heterocycles. The maximum atomic E-state index is 10.8. The van der Waals surface area contributed by atoms with E-state index in [0.29, 0.717) is 5.82 Å². The highest BCUT2D eigenvalue weighted by Gasteiger charge is 2.04. The van der Waals surface area contributed by atoms with E-state index in [9.17, 15) is 4.79 Å². The van der Waals surface area contributed by atoms with Crippen molar-refractivity contribution in [2.45, 2.75) is 6.42 Å². The zero-order chi connectivity index (χ0) is 8.97. The number of nitrogens with zero attached hydrogens (tertiary/aromatic N) is 2. The number of rotatable bonds is 2. The van der Waals surface area contributed by atoms with E-state index in [1.165, 1.54) is 7.11 Å². The van der Waals surface area contributed by atoms with Gasteiger partial charge in [0.05, 0.1) is 7.11 Å². The summed E-state index contributed by atoms with van der Waals surface area (Å²) in [5.41, 5.74) is 0. The molecule has 0 aliphatic rings. The third-order valence-electron chi connectivity index (χ3n) is 1.20. The lowest BCUT2D eigenvalue weighted by Crippen LogP contribution is -2.08. The Kier molecular flexibility index (Phi) is 3.39. The fourth-order valence-corrected chi connectivity index (χ4v) is 1.10. The molecular formula is C7H7IN2O2. The number of carbonyl (C=O) groups excluding carboxylic acids is 1. The SMILES string of the molecule is COC(=O)Cc1nccc(I)n1. The molecule has 4 nitrogen and oxygen atoms in total. The zero-order valence-electron chi connectivity index (χ0n) is 6.45. The summed E-state index contributed by atoms with van der Waals surface area (Å²) in [5.74, 6) is 0.172. The van der Waals surface area contributed by atoms with E-state index in [4.69, 9.17) is 0 Å². The fraction of sp³-hybridized carbons (Fsp3) is 0.286. The van der Waals surface area contributed by atoms with E-state index in [1.54, 1.807) is 12.3 Å². The van der Waals surface area contributed by atoms with Crippen molar-refractivity contribution in [3.63, 3.8) is 0 Å². The van der Waals surface area contributed by atoms with E-state index >= 15 is 0 Å². The molecule has 0 aliphatic heterocycles. The molecule has 0 amide bonds. The van der Waals surface area contributed by atoms with Crippen molar-refractivity contribution in [1.82, 2.24) is 9.97 Å². The summed E-state index contributed by atoms with van der Waals surface area (Å²) in [5, 5.41) is 0. The van der Waals surface area contributed by atoms with Crippen LogP contribution in [0.5, 0.6) is 0 Å². The molecule has 0 radical (unpaired) electrons. The normalized spacial score (nSPS) is 9.50. The molecule has 0 bridgehead atoms. The highest BCUT2D eigenvalue weighted by Crippen LogP contribution is 1.99. The molecular weight excluding hydrogens is 271 g/mol. The number of hydrogen-bond donors (Lipinski definition) is 0. The van der Waals surface area contributed by atoms with Crippen molar-refractivity contribution in [2.75, 3.05) is 7.11 Å². The summed E-state index contributed by atoms with van der Waals surface area (Å²) in [6.07, 6.45) is 1.75. The van der Waals surface area contributed by atoms with Crippen LogP contribution in [0.2, 0.25) is 0 Å². The van der Waals surface area contributed by atoms with Gasteiger partial charge >= 0.3 is 5.97 Å². The molecule has 0 atom stereocenters. The van der Waals surface area contributed by atoms with Crippen LogP contribution in [0, 0.1) is 3.70 Å². The molecule has 0 N–H and O–H groups in total. The van der Waals surface area contributed by atoms with Crippen LogP contribution < -0.4 is 0 Å². The van der Waals surface area contributed by atoms with Gasteiger partial charge in [0.1, 0.15) is 15.9 Å². The maximum Gasteiger partial charge on any atom is 0.313 e. The van der Waals surface area contributed by atoms with E-state index in [2.05, 4.69) is 37.3 Å². The number of ether oxygens (including phenoxy) is 1. The first-order chi connectivity index (χ1) is 5.72. The first-order valence-corrected chi connectivity index (χ1v) is 4.34. The second kappa shape index (κ2) is 4.34. The van der Waals surface area contributed by atoms with Crippen LogP contribution in [0.1, 0.15) is 5.82 Å². The van der Waals surface area contributed by atoms with E-state index in [1.807, 2.05) is 0 Å². The molecule has 0 aromatic carbocycles. The Morgan fingerprint density at radius 1 is 1.75 bits per heavy atom. The summed E-state index contributed by atoms with van der Waals surface area (Å²) in [7, 11) is 1.34. The topological polar surface area (TPSA) is 52.1 Å². The Morgan fingerprint density at radius 3 is 3.08 bits per heavy atom. The van der Waals surface area contributed by atoms with Gasteiger partial charge in [-0.1, -0.05) is 0 Å². The van der Waals surface area contributed by atoms with Gasteiger partial charge in [-0.3, -0.25) is 4.79 Å². The van der Waals surface area contributed by atoms with Crippen molar-refractivity contribution in [1.29, 1.82) is 0 Å². The van der Waals surface area contributed by atoms with Gasteiger partial charge in [-0.15, -0.1) is 0 Å². The molecule has 1 aromatic rings. The second-order valence-corrected chi connectivity index (χ2v) is 3.15. The molecule has 5 heteroatoms. The number of carbonyl (C=O) groups is 1. The first-order valence-electron chi connectivity index (χ1n) is 3.26. The zero-order valence-corrected chi connectivity index (χ0v) is 8.61. The standard InChI is InChI=1S/C7H7IN2O2/c1-12-7(11)4-6-9-3-2-5(8)10-6/h2-3H,4H2,1H3. The number of methoxy groups -OCH3 is 1. The third kappa shape index (κ3) is 2.72. The lowest BCUT2D eigenvalue weighted by atomic mass is 10.4. The largest absolute Gasteiger partial charge is 0.469 e. The average Bonchev–Trinajstić information content (AvgIpc) is 2.04. The Bertz CT molecular complexity index is 290. The monoisotopic (exact) mass is 278 g/mol. The lowest BCUT2D eigenvalue weighted by molar-refractivity contribution is -0.139. The van der Waals surface area contributed by atoms with Gasteiger partial charge in [0.25, 0.3) is 0 Å². The van der Waals surface area contributed by atoms with Crippen molar-refractivity contribution in [3.05, 3.63) is 21.8 Å². The van der Waals surface area contributed by atoms with Gasteiger partial charge in [0.2, 0.25) is 0 Å². The molecule has 0 fully saturated rings. The summed E-state index contributed by atoms with van der Waals surface area (Å²) in [4.78, 5) is 18.7. The summed E-state index contributed by atoms with van der Waals surface area (Å²) >= 11 is 2.06. The van der Waals surface area contributed by atoms with Crippen LogP contribution in [-0.4, -0.2) is 23.0 Å². The van der Waals surface area contributed by atoms with Crippen LogP contribution >= 0.6 is 22.6 Å². The van der Waals surface area contributed by atoms with Crippen LogP contribution in [0.15, 0.2) is 12.3 Å². The molecule has 0 unspecified atom stereocenters. The average molecular weight is 278 g/mol. The minimum atomic E-state index is -0.322. The van der Waals surface area contributed by atoms with E-state index in [0.717, 1.165) is 3.70 Å². The van der Waals surface area contributed by atoms with Gasteiger partial charge in [0, 0.05) is 6.20 Å². The molecule has 0 saturated heterocycles. The molecule has 0 aliphatic carbocycles. The second-order valence-electron chi connectivity index (χ2n) is 2.05. The summed E-state index contributed by atoms with van der Waals surface area (Å²) < 4.78 is 5.29. The van der Waals surface area contributed by atoms with Crippen molar-refractivity contribution in [3.8, 4) is 0 Å². The van der Waals surface area contributed by atoms with Gasteiger partial charge in [-0.25, -0.2) is 9.97 Å². The summed E-state index contributed by atoms with van der Waals surface area (Å²) in [6, 6.07) is 1.77. The molecule has 12 heavy (non-hydrogen) atoms. The number of esters is 1. The molecule has 64 valence electrons. The third-order valence-corrected chi connectivity index (χ3v) is 1.80. The van der Waals surface area contributed by atoms with Crippen molar-refractivity contribution >= 4 is 28.6 Å². The Balaban J connectivity index is 2.69. The minimum Gasteiger partial charge on any atom is -0.469 e. The Morgan fingerprint density at radius 2 is 2.50 bits per heavy atom. The van der Waals surface area contributed by atoms with Gasteiger partial charge in [-0.2, -0.15) is 0 Å². The van der Waals surface area contributed by atoms with Crippen LogP contribution in [0.25, 0.3) is 0 Å². The summed E-state index contributed by atoms with van der Waals surface area (Å²) in [6.45, 7) is 0. The Labute approximate surface area is 83.5 Å². The van der Waals surface area contributed by atoms with Crippen LogP contribution in [-0.2, 0) is 16.0 Å². The molecule has 0 spiro atoms. The first kappa shape index (κ1) is 9.37. The highest BCUT2D eigenvalue weighted by atomic mass is 127. The van der Waals surface area contributed by atoms with Crippen molar-refractivity contribution < 1.29 is 9.53 Å². The van der Waals surface area contributed by atoms with Crippen LogP contribution in [0.4, 0.5) is 0 Å². The minimum absolute atomic E-state index is 0.132. The molecule has 1 rings (SSSR count). The smallest absolute Gasteiger partial charge is 0.313 e. The Hall–Kier alpha value is -0.720. The van der Waals surface area contributed by atoms with E-state index in [-0.39, 0.29) is 12.4 Å². The predicted molar refractivity (Wildman–Crippen MR) is 50.5 cm³/mol. The van der Waals surface area contributed by atoms with Gasteiger partial charge in [-0.05, 0) is 28.7 Å². The lowest BCUT2D eigenvalue weighted by Gasteiger charge is -1.97. The number of hydrogen-bond acceptors (Lipinski definition) is 4. The van der Waals surface area contributed by atoms with Crippen molar-refractivity contribution in [2.24, 2.45) is 0 Å². The molecule has 1 heterocycles. The van der Waals surface area contributed by atoms with Gasteiger partial charge < -0.3 is 4.74 Å². The highest BCUT2D eigenvalue weighted by molar-refractivity contribution is 14.1. The predicted octanol–water partition coefficient (Wildman–Crippen LogP) is 0.797. The van der Waals surface area contributed by atoms with Crippen LogP contribution in [0.3, 0.4) is 0 Å². The quantitative estimate of drug-likeness (QED) is 0.456. The maximum absolute atomic E-state index is 10.8. The molecule has 0 saturated carbocycles. The van der Waals surface area contributed by atoms with Gasteiger partial charge in [0.15, 0.2) is 0 Å². The number of halogens is 1. The number of aromatic nitrogens is 2. The van der Waals surface area contributed by atoms with E-state index < -0.39 is 0 Å².